The third-order valence-electron chi connectivity index (χ3n) is 4.55. The van der Waals surface area contributed by atoms with Crippen molar-refractivity contribution in [2.75, 3.05) is 6.54 Å². The summed E-state index contributed by atoms with van der Waals surface area (Å²) in [6.45, 7) is 0.795. The van der Waals surface area contributed by atoms with Crippen molar-refractivity contribution in [2.45, 2.75) is 37.8 Å². The smallest absolute Gasteiger partial charge is 0.0673 e. The summed E-state index contributed by atoms with van der Waals surface area (Å²) in [5, 5.41) is 6.07. The maximum absolute atomic E-state index is 5.99. The molecule has 3 atom stereocenters. The molecular formula is C18H24N2S. The van der Waals surface area contributed by atoms with Gasteiger partial charge in [-0.05, 0) is 42.3 Å². The minimum absolute atomic E-state index is 0.295. The molecule has 1 saturated carbocycles. The predicted molar refractivity (Wildman–Crippen MR) is 90.5 cm³/mol. The number of benzene rings is 1. The topological polar surface area (TPSA) is 38.0 Å². The van der Waals surface area contributed by atoms with Gasteiger partial charge in [-0.1, -0.05) is 49.2 Å². The molecule has 21 heavy (non-hydrogen) atoms. The van der Waals surface area contributed by atoms with E-state index in [1.54, 1.807) is 0 Å². The van der Waals surface area contributed by atoms with Crippen molar-refractivity contribution in [1.82, 2.24) is 5.32 Å². The normalized spacial score (nSPS) is 23.9. The Hall–Kier alpha value is -1.16. The highest BCUT2D eigenvalue weighted by molar-refractivity contribution is 7.10. The second kappa shape index (κ2) is 7.21. The second-order valence-corrected chi connectivity index (χ2v) is 6.89. The van der Waals surface area contributed by atoms with E-state index in [-0.39, 0.29) is 0 Å². The molecule has 0 radical (unpaired) electrons. The number of hydrogen-bond acceptors (Lipinski definition) is 3. The van der Waals surface area contributed by atoms with E-state index in [9.17, 15) is 0 Å². The van der Waals surface area contributed by atoms with Crippen molar-refractivity contribution < 1.29 is 0 Å². The van der Waals surface area contributed by atoms with Gasteiger partial charge < -0.3 is 11.1 Å². The van der Waals surface area contributed by atoms with E-state index in [0.717, 1.165) is 6.54 Å². The van der Waals surface area contributed by atoms with Crippen molar-refractivity contribution in [3.05, 3.63) is 58.3 Å². The van der Waals surface area contributed by atoms with E-state index < -0.39 is 0 Å². The van der Waals surface area contributed by atoms with E-state index >= 15 is 0 Å². The Kier molecular flexibility index (Phi) is 5.07. The summed E-state index contributed by atoms with van der Waals surface area (Å²) in [7, 11) is 0. The molecule has 3 N–H and O–H groups in total. The van der Waals surface area contributed by atoms with Gasteiger partial charge in [0.1, 0.15) is 0 Å². The van der Waals surface area contributed by atoms with Crippen molar-refractivity contribution in [3.63, 3.8) is 0 Å². The molecule has 3 rings (SSSR count). The third kappa shape index (κ3) is 3.54. The van der Waals surface area contributed by atoms with Gasteiger partial charge in [-0.3, -0.25) is 0 Å². The Labute approximate surface area is 131 Å². The summed E-state index contributed by atoms with van der Waals surface area (Å²) < 4.78 is 0. The van der Waals surface area contributed by atoms with Gasteiger partial charge in [-0.15, -0.1) is 11.3 Å². The molecule has 0 aliphatic heterocycles. The van der Waals surface area contributed by atoms with E-state index in [1.807, 2.05) is 11.3 Å². The summed E-state index contributed by atoms with van der Waals surface area (Å²) in [5.41, 5.74) is 7.34. The molecule has 0 saturated heterocycles. The van der Waals surface area contributed by atoms with E-state index in [0.29, 0.717) is 18.0 Å². The molecule has 0 spiro atoms. The van der Waals surface area contributed by atoms with Crippen molar-refractivity contribution in [2.24, 2.45) is 11.7 Å². The Morgan fingerprint density at radius 2 is 1.90 bits per heavy atom. The second-order valence-electron chi connectivity index (χ2n) is 5.91. The first kappa shape index (κ1) is 14.8. The molecule has 1 heterocycles. The highest BCUT2D eigenvalue weighted by Crippen LogP contribution is 2.31. The van der Waals surface area contributed by atoms with Crippen LogP contribution in [0.4, 0.5) is 0 Å². The van der Waals surface area contributed by atoms with Crippen LogP contribution in [0.1, 0.15) is 42.2 Å². The van der Waals surface area contributed by atoms with Crippen LogP contribution in [0.25, 0.3) is 0 Å². The molecule has 2 nitrogen and oxygen atoms in total. The van der Waals surface area contributed by atoms with Crippen LogP contribution in [0.5, 0.6) is 0 Å². The van der Waals surface area contributed by atoms with Gasteiger partial charge in [0.15, 0.2) is 0 Å². The Morgan fingerprint density at radius 1 is 1.10 bits per heavy atom. The number of nitrogens with two attached hydrogens (primary N) is 1. The first-order valence-corrected chi connectivity index (χ1v) is 8.81. The van der Waals surface area contributed by atoms with Crippen LogP contribution >= 0.6 is 11.3 Å². The molecule has 1 aromatic heterocycles. The largest absolute Gasteiger partial charge is 0.330 e. The number of hydrogen-bond donors (Lipinski definition) is 2. The van der Waals surface area contributed by atoms with Crippen LogP contribution in [0.2, 0.25) is 0 Å². The van der Waals surface area contributed by atoms with Crippen LogP contribution in [0, 0.1) is 5.92 Å². The zero-order chi connectivity index (χ0) is 14.5. The lowest BCUT2D eigenvalue weighted by Crippen LogP contribution is -2.43. The van der Waals surface area contributed by atoms with Crippen LogP contribution in [-0.4, -0.2) is 12.6 Å². The van der Waals surface area contributed by atoms with Crippen LogP contribution < -0.4 is 11.1 Å². The molecule has 3 unspecified atom stereocenters. The molecule has 0 amide bonds. The summed E-state index contributed by atoms with van der Waals surface area (Å²) in [6, 6.07) is 16.0. The zero-order valence-corrected chi connectivity index (χ0v) is 13.2. The average Bonchev–Trinajstić information content (AvgIpc) is 3.08. The minimum Gasteiger partial charge on any atom is -0.330 e. The van der Waals surface area contributed by atoms with Gasteiger partial charge in [0.25, 0.3) is 0 Å². The van der Waals surface area contributed by atoms with Crippen molar-refractivity contribution >= 4 is 11.3 Å². The summed E-state index contributed by atoms with van der Waals surface area (Å²) >= 11 is 1.83. The molecule has 1 fully saturated rings. The zero-order valence-electron chi connectivity index (χ0n) is 12.4. The molecule has 0 bridgehead atoms. The fourth-order valence-electron chi connectivity index (χ4n) is 3.37. The standard InChI is InChI=1S/C18H24N2S/c19-13-15-9-4-5-10-16(15)20-18(17-11-6-12-21-17)14-7-2-1-3-8-14/h1-3,6-8,11-12,15-16,18,20H,4-5,9-10,13,19H2. The monoisotopic (exact) mass is 300 g/mol. The molecule has 1 aliphatic rings. The van der Waals surface area contributed by atoms with Gasteiger partial charge in [-0.2, -0.15) is 0 Å². The summed E-state index contributed by atoms with van der Waals surface area (Å²) in [6.07, 6.45) is 5.16. The summed E-state index contributed by atoms with van der Waals surface area (Å²) in [4.78, 5) is 1.39. The molecule has 1 aliphatic carbocycles. The van der Waals surface area contributed by atoms with Crippen LogP contribution in [-0.2, 0) is 0 Å². The van der Waals surface area contributed by atoms with Gasteiger partial charge in [0.2, 0.25) is 0 Å². The SMILES string of the molecule is NCC1CCCCC1NC(c1ccccc1)c1cccs1. The first-order valence-electron chi connectivity index (χ1n) is 7.93. The summed E-state index contributed by atoms with van der Waals surface area (Å²) in [5.74, 6) is 0.616. The van der Waals surface area contributed by atoms with Crippen LogP contribution in [0.3, 0.4) is 0 Å². The first-order chi connectivity index (χ1) is 10.4. The molecule has 112 valence electrons. The lowest BCUT2D eigenvalue weighted by Gasteiger charge is -2.34. The fourth-order valence-corrected chi connectivity index (χ4v) is 4.18. The lowest BCUT2D eigenvalue weighted by molar-refractivity contribution is 0.257. The van der Waals surface area contributed by atoms with Gasteiger partial charge >= 0.3 is 0 Å². The van der Waals surface area contributed by atoms with Crippen molar-refractivity contribution in [1.29, 1.82) is 0 Å². The fraction of sp³-hybridized carbons (Fsp3) is 0.444. The van der Waals surface area contributed by atoms with Gasteiger partial charge in [-0.25, -0.2) is 0 Å². The quantitative estimate of drug-likeness (QED) is 0.877. The van der Waals surface area contributed by atoms with E-state index in [1.165, 1.54) is 36.1 Å². The Balaban J connectivity index is 1.82. The number of nitrogens with one attached hydrogen (secondary N) is 1. The van der Waals surface area contributed by atoms with E-state index in [4.69, 9.17) is 5.73 Å². The minimum atomic E-state index is 0.295. The van der Waals surface area contributed by atoms with Gasteiger partial charge in [0, 0.05) is 10.9 Å². The maximum Gasteiger partial charge on any atom is 0.0673 e. The lowest BCUT2D eigenvalue weighted by atomic mass is 9.83. The highest BCUT2D eigenvalue weighted by Gasteiger charge is 2.27. The maximum atomic E-state index is 5.99. The molecular weight excluding hydrogens is 276 g/mol. The number of thiophene rings is 1. The molecule has 3 heteroatoms. The Bertz CT molecular complexity index is 523. The van der Waals surface area contributed by atoms with Crippen LogP contribution in [0.15, 0.2) is 47.8 Å². The molecule has 1 aromatic carbocycles. The third-order valence-corrected chi connectivity index (χ3v) is 5.49. The van der Waals surface area contributed by atoms with Crippen molar-refractivity contribution in [3.8, 4) is 0 Å². The predicted octanol–water partition coefficient (Wildman–Crippen LogP) is 3.94. The van der Waals surface area contributed by atoms with E-state index in [2.05, 4.69) is 53.2 Å². The van der Waals surface area contributed by atoms with Gasteiger partial charge in [0.05, 0.1) is 6.04 Å². The average molecular weight is 300 g/mol. The Morgan fingerprint density at radius 3 is 2.62 bits per heavy atom. The number of rotatable bonds is 5. The highest BCUT2D eigenvalue weighted by atomic mass is 32.1. The molecule has 2 aromatic rings.